The van der Waals surface area contributed by atoms with Crippen LogP contribution in [0.25, 0.3) is 0 Å². The molecule has 0 aliphatic carbocycles. The molecule has 0 aliphatic rings. The van der Waals surface area contributed by atoms with Crippen LogP contribution >= 0.6 is 15.9 Å². The minimum Gasteiger partial charge on any atom is -0.507 e. The highest BCUT2D eigenvalue weighted by molar-refractivity contribution is 9.10. The standard InChI is InChI=1S/C8H7BrO3/c1-4-2-3-5(9)6(7(4)10)8(11)12/h2-3,10H,1H3,(H,11,12). The molecule has 1 rings (SSSR count). The highest BCUT2D eigenvalue weighted by atomic mass is 79.9. The maximum Gasteiger partial charge on any atom is 0.340 e. The molecule has 0 saturated heterocycles. The number of aryl methyl sites for hydroxylation is 1. The molecule has 0 unspecified atom stereocenters. The van der Waals surface area contributed by atoms with Crippen LogP contribution in [0.3, 0.4) is 0 Å². The number of carboxylic acid groups (broad SMARTS) is 1. The fraction of sp³-hybridized carbons (Fsp3) is 0.125. The van der Waals surface area contributed by atoms with E-state index in [2.05, 4.69) is 15.9 Å². The summed E-state index contributed by atoms with van der Waals surface area (Å²) in [6, 6.07) is 3.24. The van der Waals surface area contributed by atoms with E-state index in [1.54, 1.807) is 19.1 Å². The Balaban J connectivity index is 3.43. The third-order valence-corrected chi connectivity index (χ3v) is 2.20. The van der Waals surface area contributed by atoms with Crippen LogP contribution in [-0.2, 0) is 0 Å². The molecule has 12 heavy (non-hydrogen) atoms. The van der Waals surface area contributed by atoms with Crippen molar-refractivity contribution in [2.45, 2.75) is 6.92 Å². The number of hydrogen-bond acceptors (Lipinski definition) is 2. The Morgan fingerprint density at radius 1 is 1.50 bits per heavy atom. The lowest BCUT2D eigenvalue weighted by molar-refractivity contribution is 0.0692. The first-order valence-corrected chi connectivity index (χ1v) is 4.04. The number of carboxylic acids is 1. The normalized spacial score (nSPS) is 9.83. The van der Waals surface area contributed by atoms with Gasteiger partial charge in [-0.15, -0.1) is 0 Å². The minimum atomic E-state index is -1.14. The van der Waals surface area contributed by atoms with Crippen LogP contribution in [0.15, 0.2) is 16.6 Å². The quantitative estimate of drug-likeness (QED) is 0.778. The summed E-state index contributed by atoms with van der Waals surface area (Å²) in [5, 5.41) is 18.0. The van der Waals surface area contributed by atoms with Gasteiger partial charge in [0.2, 0.25) is 0 Å². The van der Waals surface area contributed by atoms with Gasteiger partial charge in [-0.3, -0.25) is 0 Å². The highest BCUT2D eigenvalue weighted by Crippen LogP contribution is 2.28. The Bertz CT molecular complexity index is 333. The molecule has 1 aromatic rings. The van der Waals surface area contributed by atoms with Crippen molar-refractivity contribution < 1.29 is 15.0 Å². The van der Waals surface area contributed by atoms with E-state index < -0.39 is 5.97 Å². The van der Waals surface area contributed by atoms with Crippen LogP contribution < -0.4 is 0 Å². The van der Waals surface area contributed by atoms with Gasteiger partial charge in [0.05, 0.1) is 0 Å². The van der Waals surface area contributed by atoms with Gasteiger partial charge in [0, 0.05) is 4.47 Å². The lowest BCUT2D eigenvalue weighted by Gasteiger charge is -2.04. The van der Waals surface area contributed by atoms with E-state index in [-0.39, 0.29) is 11.3 Å². The van der Waals surface area contributed by atoms with Crippen LogP contribution in [0.1, 0.15) is 15.9 Å². The third-order valence-electron chi connectivity index (χ3n) is 1.54. The van der Waals surface area contributed by atoms with Crippen LogP contribution in [-0.4, -0.2) is 16.2 Å². The number of halogens is 1. The van der Waals surface area contributed by atoms with Crippen molar-refractivity contribution >= 4 is 21.9 Å². The molecule has 0 heterocycles. The number of aromatic carboxylic acids is 1. The van der Waals surface area contributed by atoms with Crippen LogP contribution in [0.4, 0.5) is 0 Å². The summed E-state index contributed by atoms with van der Waals surface area (Å²) in [4.78, 5) is 10.6. The monoisotopic (exact) mass is 230 g/mol. The molecule has 64 valence electrons. The molecule has 1 aromatic carbocycles. The van der Waals surface area contributed by atoms with Crippen molar-refractivity contribution in [1.82, 2.24) is 0 Å². The Morgan fingerprint density at radius 3 is 2.50 bits per heavy atom. The van der Waals surface area contributed by atoms with E-state index in [1.807, 2.05) is 0 Å². The van der Waals surface area contributed by atoms with Gasteiger partial charge < -0.3 is 10.2 Å². The zero-order chi connectivity index (χ0) is 9.30. The van der Waals surface area contributed by atoms with Crippen molar-refractivity contribution in [3.05, 3.63) is 27.7 Å². The summed E-state index contributed by atoms with van der Waals surface area (Å²) in [6.07, 6.45) is 0. The van der Waals surface area contributed by atoms with E-state index in [9.17, 15) is 9.90 Å². The maximum absolute atomic E-state index is 10.6. The maximum atomic E-state index is 10.6. The summed E-state index contributed by atoms with van der Waals surface area (Å²) in [6.45, 7) is 1.65. The van der Waals surface area contributed by atoms with Crippen molar-refractivity contribution in [1.29, 1.82) is 0 Å². The molecular weight excluding hydrogens is 224 g/mol. The van der Waals surface area contributed by atoms with E-state index in [0.717, 1.165) is 0 Å². The van der Waals surface area contributed by atoms with Gasteiger partial charge in [-0.1, -0.05) is 6.07 Å². The first kappa shape index (κ1) is 9.06. The molecule has 4 heteroatoms. The summed E-state index contributed by atoms with van der Waals surface area (Å²) < 4.78 is 0.387. The predicted octanol–water partition coefficient (Wildman–Crippen LogP) is 2.16. The molecule has 0 saturated carbocycles. The highest BCUT2D eigenvalue weighted by Gasteiger charge is 2.14. The first-order valence-electron chi connectivity index (χ1n) is 3.25. The molecule has 0 aromatic heterocycles. The van der Waals surface area contributed by atoms with Gasteiger partial charge in [0.1, 0.15) is 11.3 Å². The Kier molecular flexibility index (Phi) is 2.38. The summed E-state index contributed by atoms with van der Waals surface area (Å²) >= 11 is 3.04. The van der Waals surface area contributed by atoms with Gasteiger partial charge >= 0.3 is 5.97 Å². The van der Waals surface area contributed by atoms with Crippen molar-refractivity contribution in [2.75, 3.05) is 0 Å². The van der Waals surface area contributed by atoms with Crippen molar-refractivity contribution in [3.8, 4) is 5.75 Å². The number of rotatable bonds is 1. The molecule has 0 bridgehead atoms. The molecule has 2 N–H and O–H groups in total. The molecule has 0 fully saturated rings. The number of carbonyl (C=O) groups is 1. The zero-order valence-corrected chi connectivity index (χ0v) is 7.92. The third kappa shape index (κ3) is 1.43. The minimum absolute atomic E-state index is 0.0880. The summed E-state index contributed by atoms with van der Waals surface area (Å²) in [5.74, 6) is -1.32. The fourth-order valence-corrected chi connectivity index (χ4v) is 1.36. The van der Waals surface area contributed by atoms with E-state index in [1.165, 1.54) is 0 Å². The van der Waals surface area contributed by atoms with E-state index in [0.29, 0.717) is 10.0 Å². The lowest BCUT2D eigenvalue weighted by atomic mass is 10.1. The Labute approximate surface area is 77.8 Å². The second kappa shape index (κ2) is 3.15. The van der Waals surface area contributed by atoms with Gasteiger partial charge in [-0.2, -0.15) is 0 Å². The largest absolute Gasteiger partial charge is 0.507 e. The Hall–Kier alpha value is -1.03. The van der Waals surface area contributed by atoms with Crippen LogP contribution in [0, 0.1) is 6.92 Å². The number of aromatic hydroxyl groups is 1. The zero-order valence-electron chi connectivity index (χ0n) is 6.34. The molecule has 0 spiro atoms. The molecule has 3 nitrogen and oxygen atoms in total. The lowest BCUT2D eigenvalue weighted by Crippen LogP contribution is -1.99. The van der Waals surface area contributed by atoms with Crippen LogP contribution in [0.2, 0.25) is 0 Å². The topological polar surface area (TPSA) is 57.5 Å². The average Bonchev–Trinajstić information content (AvgIpc) is 1.97. The molecular formula is C8H7BrO3. The van der Waals surface area contributed by atoms with E-state index >= 15 is 0 Å². The van der Waals surface area contributed by atoms with Crippen LogP contribution in [0.5, 0.6) is 5.75 Å². The van der Waals surface area contributed by atoms with E-state index in [4.69, 9.17) is 5.11 Å². The van der Waals surface area contributed by atoms with Gasteiger partial charge in [-0.05, 0) is 34.5 Å². The van der Waals surface area contributed by atoms with Gasteiger partial charge in [0.15, 0.2) is 0 Å². The first-order chi connectivity index (χ1) is 5.54. The Morgan fingerprint density at radius 2 is 2.08 bits per heavy atom. The number of phenols is 1. The smallest absolute Gasteiger partial charge is 0.340 e. The van der Waals surface area contributed by atoms with Crippen molar-refractivity contribution in [3.63, 3.8) is 0 Å². The van der Waals surface area contributed by atoms with Crippen molar-refractivity contribution in [2.24, 2.45) is 0 Å². The fourth-order valence-electron chi connectivity index (χ4n) is 0.874. The molecule has 0 amide bonds. The number of benzene rings is 1. The van der Waals surface area contributed by atoms with Gasteiger partial charge in [0.25, 0.3) is 0 Å². The van der Waals surface area contributed by atoms with Gasteiger partial charge in [-0.25, -0.2) is 4.79 Å². The summed E-state index contributed by atoms with van der Waals surface area (Å²) in [7, 11) is 0. The second-order valence-electron chi connectivity index (χ2n) is 2.39. The molecule has 0 radical (unpaired) electrons. The summed E-state index contributed by atoms with van der Waals surface area (Å²) in [5.41, 5.74) is 0.464. The predicted molar refractivity (Wildman–Crippen MR) is 47.5 cm³/mol. The molecule has 0 aliphatic heterocycles. The SMILES string of the molecule is Cc1ccc(Br)c(C(=O)O)c1O. The molecule has 0 atom stereocenters. The average molecular weight is 231 g/mol. The number of hydrogen-bond donors (Lipinski definition) is 2. The second-order valence-corrected chi connectivity index (χ2v) is 3.25.